The van der Waals surface area contributed by atoms with Crippen molar-refractivity contribution in [3.05, 3.63) is 0 Å². The third kappa shape index (κ3) is 2.31. The number of aliphatic carboxylic acids is 3. The van der Waals surface area contributed by atoms with Crippen LogP contribution in [-0.2, 0) is 18.9 Å². The van der Waals surface area contributed by atoms with Crippen LogP contribution in [-0.4, -0.2) is 48.2 Å². The Morgan fingerprint density at radius 1 is 1.12 bits per heavy atom. The average molecular weight is 270 g/mol. The molecular formula is C7H11O9P. The van der Waals surface area contributed by atoms with Gasteiger partial charge in [0, 0.05) is 0 Å². The van der Waals surface area contributed by atoms with Crippen molar-refractivity contribution in [1.29, 1.82) is 0 Å². The van der Waals surface area contributed by atoms with Crippen LogP contribution in [0, 0.1) is 5.92 Å². The Bertz CT molecular complexity index is 380. The third-order valence-electron chi connectivity index (χ3n) is 2.32. The quantitative estimate of drug-likeness (QED) is 0.305. The molecule has 0 aromatic heterocycles. The van der Waals surface area contributed by atoms with Gasteiger partial charge in [0.25, 0.3) is 5.16 Å². The van der Waals surface area contributed by atoms with E-state index in [0.717, 1.165) is 6.92 Å². The van der Waals surface area contributed by atoms with Crippen LogP contribution in [0.3, 0.4) is 0 Å². The first-order chi connectivity index (χ1) is 7.53. The van der Waals surface area contributed by atoms with E-state index >= 15 is 0 Å². The molecule has 9 nitrogen and oxygen atoms in total. The molecule has 1 atom stereocenters. The van der Waals surface area contributed by atoms with Crippen molar-refractivity contribution in [2.75, 3.05) is 0 Å². The zero-order valence-corrected chi connectivity index (χ0v) is 9.50. The highest BCUT2D eigenvalue weighted by Crippen LogP contribution is 2.55. The van der Waals surface area contributed by atoms with E-state index in [0.29, 0.717) is 0 Å². The molecule has 0 amide bonds. The smallest absolute Gasteiger partial charge is 0.355 e. The summed E-state index contributed by atoms with van der Waals surface area (Å²) in [5.74, 6) is -8.90. The Balaban J connectivity index is 6.19. The van der Waals surface area contributed by atoms with Gasteiger partial charge in [0.05, 0.1) is 5.92 Å². The van der Waals surface area contributed by atoms with Crippen LogP contribution in [0.25, 0.3) is 0 Å². The first-order valence-corrected chi connectivity index (χ1v) is 5.89. The molecule has 0 aliphatic carbocycles. The van der Waals surface area contributed by atoms with Crippen molar-refractivity contribution in [3.8, 4) is 0 Å². The zero-order chi connectivity index (χ0) is 14.0. The maximum atomic E-state index is 11.1. The minimum atomic E-state index is -5.73. The molecule has 0 fully saturated rings. The van der Waals surface area contributed by atoms with Gasteiger partial charge in [-0.1, -0.05) is 6.92 Å². The molecule has 17 heavy (non-hydrogen) atoms. The minimum absolute atomic E-state index is 0.557. The number of rotatable bonds is 6. The maximum absolute atomic E-state index is 11.1. The molecule has 0 rings (SSSR count). The first kappa shape index (κ1) is 15.6. The summed E-state index contributed by atoms with van der Waals surface area (Å²) < 4.78 is 11.1. The normalized spacial score (nSPS) is 14.1. The van der Waals surface area contributed by atoms with Crippen molar-refractivity contribution in [2.24, 2.45) is 5.92 Å². The molecule has 10 heteroatoms. The molecule has 5 N–H and O–H groups in total. The molecule has 0 saturated carbocycles. The Kier molecular flexibility index (Phi) is 4.41. The lowest BCUT2D eigenvalue weighted by molar-refractivity contribution is -0.162. The van der Waals surface area contributed by atoms with Crippen LogP contribution in [0.5, 0.6) is 0 Å². The van der Waals surface area contributed by atoms with Gasteiger partial charge in [-0.25, -0.2) is 0 Å². The number of hydrogen-bond donors (Lipinski definition) is 5. The van der Waals surface area contributed by atoms with Gasteiger partial charge in [-0.3, -0.25) is 18.9 Å². The first-order valence-electron chi connectivity index (χ1n) is 4.28. The van der Waals surface area contributed by atoms with E-state index in [4.69, 9.17) is 25.1 Å². The van der Waals surface area contributed by atoms with E-state index in [1.165, 1.54) is 0 Å². The van der Waals surface area contributed by atoms with Gasteiger partial charge >= 0.3 is 25.5 Å². The molecule has 0 heterocycles. The number of carboxylic acids is 3. The highest BCUT2D eigenvalue weighted by molar-refractivity contribution is 7.56. The van der Waals surface area contributed by atoms with Gasteiger partial charge in [0.15, 0.2) is 0 Å². The van der Waals surface area contributed by atoms with Gasteiger partial charge < -0.3 is 25.1 Å². The van der Waals surface area contributed by atoms with Crippen LogP contribution in [0.4, 0.5) is 0 Å². The van der Waals surface area contributed by atoms with E-state index in [1.807, 2.05) is 0 Å². The minimum Gasteiger partial charge on any atom is -0.481 e. The van der Waals surface area contributed by atoms with Crippen LogP contribution in [0.15, 0.2) is 0 Å². The van der Waals surface area contributed by atoms with Crippen molar-refractivity contribution >= 4 is 25.5 Å². The second-order valence-corrected chi connectivity index (χ2v) is 5.01. The van der Waals surface area contributed by atoms with Crippen LogP contribution in [0.1, 0.15) is 13.3 Å². The lowest BCUT2D eigenvalue weighted by Gasteiger charge is -2.30. The number of carboxylic acid groups (broad SMARTS) is 3. The highest BCUT2D eigenvalue weighted by Gasteiger charge is 2.67. The monoisotopic (exact) mass is 270 g/mol. The van der Waals surface area contributed by atoms with Gasteiger partial charge in [-0.05, 0) is 6.42 Å². The van der Waals surface area contributed by atoms with Gasteiger partial charge in [-0.2, -0.15) is 0 Å². The summed E-state index contributed by atoms with van der Waals surface area (Å²) in [5.41, 5.74) is 0. The second kappa shape index (κ2) is 4.82. The van der Waals surface area contributed by atoms with Crippen LogP contribution >= 0.6 is 7.60 Å². The Morgan fingerprint density at radius 3 is 1.53 bits per heavy atom. The van der Waals surface area contributed by atoms with Crippen LogP contribution < -0.4 is 0 Å². The van der Waals surface area contributed by atoms with E-state index in [9.17, 15) is 18.9 Å². The second-order valence-electron chi connectivity index (χ2n) is 3.22. The molecule has 0 aromatic rings. The Hall–Kier alpha value is -1.44. The van der Waals surface area contributed by atoms with E-state index < -0.39 is 43.0 Å². The molecule has 0 spiro atoms. The van der Waals surface area contributed by atoms with Crippen molar-refractivity contribution in [3.63, 3.8) is 0 Å². The number of carbonyl (C=O) groups is 3. The van der Waals surface area contributed by atoms with Crippen LogP contribution in [0.2, 0.25) is 0 Å². The lowest BCUT2D eigenvalue weighted by atomic mass is 9.89. The van der Waals surface area contributed by atoms with Gasteiger partial charge in [0.2, 0.25) is 0 Å². The predicted octanol–water partition coefficient (Wildman–Crippen LogP) is -0.817. The summed E-state index contributed by atoms with van der Waals surface area (Å²) in [6.45, 7) is 1.12. The zero-order valence-electron chi connectivity index (χ0n) is 8.60. The Morgan fingerprint density at radius 2 is 1.47 bits per heavy atom. The summed E-state index contributed by atoms with van der Waals surface area (Å²) in [5, 5.41) is 22.5. The number of hydrogen-bond acceptors (Lipinski definition) is 4. The summed E-state index contributed by atoms with van der Waals surface area (Å²) in [4.78, 5) is 50.3. The van der Waals surface area contributed by atoms with E-state index in [1.54, 1.807) is 0 Å². The molecule has 98 valence electrons. The fraction of sp³-hybridized carbons (Fsp3) is 0.571. The van der Waals surface area contributed by atoms with E-state index in [-0.39, 0.29) is 0 Å². The molecule has 0 saturated heterocycles. The lowest BCUT2D eigenvalue weighted by Crippen LogP contribution is -2.54. The fourth-order valence-corrected chi connectivity index (χ4v) is 2.69. The molecule has 1 unspecified atom stereocenters. The summed E-state index contributed by atoms with van der Waals surface area (Å²) >= 11 is 0. The predicted molar refractivity (Wildman–Crippen MR) is 51.5 cm³/mol. The summed E-state index contributed by atoms with van der Waals surface area (Å²) in [6.07, 6.45) is -0.557. The van der Waals surface area contributed by atoms with Gasteiger partial charge in [0.1, 0.15) is 0 Å². The van der Waals surface area contributed by atoms with Crippen molar-refractivity contribution in [1.82, 2.24) is 0 Å². The SMILES string of the molecule is CCC(C(=O)O)C(C(=O)O)(C(=O)O)P(=O)(O)O. The molecule has 0 aromatic carbocycles. The Labute approximate surface area is 94.8 Å². The third-order valence-corrected chi connectivity index (χ3v) is 3.94. The standard InChI is InChI=1S/C7H11O9P/c1-2-3(4(8)9)7(5(10)11,6(12)13)17(14,15)16/h3H,2H2,1H3,(H,8,9)(H,10,11)(H,12,13)(H2,14,15,16). The average Bonchev–Trinajstić information content (AvgIpc) is 2.08. The molecule has 0 aliphatic rings. The maximum Gasteiger partial charge on any atom is 0.355 e. The topological polar surface area (TPSA) is 169 Å². The van der Waals surface area contributed by atoms with Crippen molar-refractivity contribution < 1.29 is 44.1 Å². The molecule has 0 bridgehead atoms. The van der Waals surface area contributed by atoms with Gasteiger partial charge in [-0.15, -0.1) is 0 Å². The fourth-order valence-electron chi connectivity index (χ4n) is 1.49. The highest BCUT2D eigenvalue weighted by atomic mass is 31.2. The summed E-state index contributed by atoms with van der Waals surface area (Å²) in [6, 6.07) is 0. The largest absolute Gasteiger partial charge is 0.481 e. The molecule has 0 radical (unpaired) electrons. The summed E-state index contributed by atoms with van der Waals surface area (Å²) in [7, 11) is -5.73. The van der Waals surface area contributed by atoms with Crippen molar-refractivity contribution in [2.45, 2.75) is 18.5 Å². The molecule has 0 aliphatic heterocycles. The molecular weight excluding hydrogens is 259 g/mol. The van der Waals surface area contributed by atoms with E-state index in [2.05, 4.69) is 0 Å².